The number of hydrogen-bond acceptors (Lipinski definition) is 3. The average Bonchev–Trinajstić information content (AvgIpc) is 3.38. The fourth-order valence-corrected chi connectivity index (χ4v) is 3.90. The Labute approximate surface area is 161 Å². The summed E-state index contributed by atoms with van der Waals surface area (Å²) in [5.41, 5.74) is 3.49. The van der Waals surface area contributed by atoms with E-state index in [1.54, 1.807) is 0 Å². The summed E-state index contributed by atoms with van der Waals surface area (Å²) in [6.45, 7) is 5.52. The van der Waals surface area contributed by atoms with Gasteiger partial charge in [-0.3, -0.25) is 4.79 Å². The molecule has 0 saturated heterocycles. The molecule has 26 heavy (non-hydrogen) atoms. The maximum Gasteiger partial charge on any atom is 0.340 e. The highest BCUT2D eigenvalue weighted by Gasteiger charge is 2.29. The van der Waals surface area contributed by atoms with Gasteiger partial charge in [-0.05, 0) is 51.3 Å². The Hall–Kier alpha value is -2.08. The molecule has 1 aliphatic rings. The normalized spacial score (nSPS) is 14.8. The van der Waals surface area contributed by atoms with Crippen molar-refractivity contribution in [1.29, 1.82) is 0 Å². The summed E-state index contributed by atoms with van der Waals surface area (Å²) < 4.78 is 8.34. The van der Waals surface area contributed by atoms with E-state index in [2.05, 4.69) is 25.8 Å². The van der Waals surface area contributed by atoms with E-state index < -0.39 is 5.97 Å². The molecule has 0 bridgehead atoms. The molecule has 1 aromatic carbocycles. The molecule has 138 valence electrons. The molecule has 1 aliphatic carbocycles. The van der Waals surface area contributed by atoms with Crippen LogP contribution in [0.1, 0.15) is 59.2 Å². The summed E-state index contributed by atoms with van der Waals surface area (Å²) in [5, 5.41) is 2.85. The van der Waals surface area contributed by atoms with Gasteiger partial charge in [0, 0.05) is 21.9 Å². The van der Waals surface area contributed by atoms with Crippen LogP contribution in [0.2, 0.25) is 0 Å². The van der Waals surface area contributed by atoms with Gasteiger partial charge in [0.25, 0.3) is 5.91 Å². The summed E-state index contributed by atoms with van der Waals surface area (Å²) in [5.74, 6) is -0.772. The van der Waals surface area contributed by atoms with Crippen LogP contribution < -0.4 is 5.32 Å². The second-order valence-corrected chi connectivity index (χ2v) is 7.63. The monoisotopic (exact) mass is 418 g/mol. The number of amides is 1. The smallest absolute Gasteiger partial charge is 0.340 e. The van der Waals surface area contributed by atoms with Crippen molar-refractivity contribution in [2.45, 2.75) is 45.7 Å². The van der Waals surface area contributed by atoms with E-state index in [9.17, 15) is 9.59 Å². The lowest BCUT2D eigenvalue weighted by molar-refractivity contribution is -0.124. The largest absolute Gasteiger partial charge is 0.452 e. The first kappa shape index (κ1) is 18.7. The van der Waals surface area contributed by atoms with Crippen molar-refractivity contribution in [2.75, 3.05) is 6.61 Å². The van der Waals surface area contributed by atoms with Crippen LogP contribution >= 0.6 is 15.9 Å². The number of aromatic nitrogens is 1. The first-order valence-electron chi connectivity index (χ1n) is 8.77. The number of nitrogens with zero attached hydrogens (tertiary/aromatic N) is 1. The van der Waals surface area contributed by atoms with Crippen molar-refractivity contribution in [2.24, 2.45) is 0 Å². The van der Waals surface area contributed by atoms with Crippen LogP contribution in [0.25, 0.3) is 0 Å². The molecule has 0 aliphatic heterocycles. The molecule has 0 unspecified atom stereocenters. The van der Waals surface area contributed by atoms with Gasteiger partial charge >= 0.3 is 5.97 Å². The van der Waals surface area contributed by atoms with Crippen LogP contribution in [-0.4, -0.2) is 23.1 Å². The highest BCUT2D eigenvalue weighted by molar-refractivity contribution is 9.10. The topological polar surface area (TPSA) is 60.3 Å². The Morgan fingerprint density at radius 2 is 2.00 bits per heavy atom. The van der Waals surface area contributed by atoms with Gasteiger partial charge in [-0.15, -0.1) is 0 Å². The Morgan fingerprint density at radius 1 is 1.31 bits per heavy atom. The standard InChI is InChI=1S/C20H23BrN2O3/c1-12-10-17(14(3)23(12)15-8-9-15)20(25)26-11-19(24)22-13(2)16-6-4-5-7-18(16)21/h4-7,10,13,15H,8-9,11H2,1-3H3,(H,22,24)/t13-/m1/s1. The number of halogens is 1. The van der Waals surface area contributed by atoms with Crippen LogP contribution in [0, 0.1) is 13.8 Å². The summed E-state index contributed by atoms with van der Waals surface area (Å²) in [6, 6.07) is 9.86. The molecule has 0 spiro atoms. The molecule has 1 saturated carbocycles. The number of carbonyl (C=O) groups excluding carboxylic acids is 2. The Kier molecular flexibility index (Phi) is 5.51. The molecule has 1 amide bonds. The van der Waals surface area contributed by atoms with E-state index in [0.717, 1.165) is 34.3 Å². The van der Waals surface area contributed by atoms with Crippen molar-refractivity contribution >= 4 is 27.8 Å². The molecule has 5 nitrogen and oxygen atoms in total. The maximum atomic E-state index is 12.4. The number of ether oxygens (including phenoxy) is 1. The van der Waals surface area contributed by atoms with Gasteiger partial charge in [0.1, 0.15) is 0 Å². The SMILES string of the molecule is Cc1cc(C(=O)OCC(=O)N[C@H](C)c2ccccc2Br)c(C)n1C1CC1. The first-order chi connectivity index (χ1) is 12.4. The zero-order chi connectivity index (χ0) is 18.8. The van der Waals surface area contributed by atoms with Crippen LogP contribution in [0.4, 0.5) is 0 Å². The minimum atomic E-state index is -0.450. The number of rotatable bonds is 6. The predicted octanol–water partition coefficient (Wildman–Crippen LogP) is 4.24. The molecule has 1 N–H and O–H groups in total. The second-order valence-electron chi connectivity index (χ2n) is 6.77. The number of nitrogens with one attached hydrogen (secondary N) is 1. The lowest BCUT2D eigenvalue weighted by Gasteiger charge is -2.16. The van der Waals surface area contributed by atoms with E-state index in [1.165, 1.54) is 0 Å². The van der Waals surface area contributed by atoms with Gasteiger partial charge in [-0.2, -0.15) is 0 Å². The highest BCUT2D eigenvalue weighted by Crippen LogP contribution is 2.38. The molecule has 1 aromatic heterocycles. The van der Waals surface area contributed by atoms with Crippen molar-refractivity contribution in [3.05, 3.63) is 57.3 Å². The molecule has 0 radical (unpaired) electrons. The van der Waals surface area contributed by atoms with Gasteiger partial charge in [0.15, 0.2) is 6.61 Å². The average molecular weight is 419 g/mol. The number of esters is 1. The minimum Gasteiger partial charge on any atom is -0.452 e. The quantitative estimate of drug-likeness (QED) is 0.713. The minimum absolute atomic E-state index is 0.184. The fraction of sp³-hybridized carbons (Fsp3) is 0.400. The van der Waals surface area contributed by atoms with Gasteiger partial charge in [0.2, 0.25) is 0 Å². The van der Waals surface area contributed by atoms with E-state index >= 15 is 0 Å². The van der Waals surface area contributed by atoms with Crippen molar-refractivity contribution in [1.82, 2.24) is 9.88 Å². The summed E-state index contributed by atoms with van der Waals surface area (Å²) in [4.78, 5) is 24.5. The van der Waals surface area contributed by atoms with E-state index in [1.807, 2.05) is 51.1 Å². The van der Waals surface area contributed by atoms with E-state index in [0.29, 0.717) is 11.6 Å². The third kappa shape index (κ3) is 4.01. The number of benzene rings is 1. The molecule has 2 aromatic rings. The van der Waals surface area contributed by atoms with Gasteiger partial charge in [-0.1, -0.05) is 34.1 Å². The summed E-state index contributed by atoms with van der Waals surface area (Å²) in [7, 11) is 0. The summed E-state index contributed by atoms with van der Waals surface area (Å²) in [6.07, 6.45) is 2.31. The van der Waals surface area contributed by atoms with Gasteiger partial charge < -0.3 is 14.6 Å². The predicted molar refractivity (Wildman–Crippen MR) is 103 cm³/mol. The van der Waals surface area contributed by atoms with E-state index in [-0.39, 0.29) is 18.6 Å². The molecule has 6 heteroatoms. The zero-order valence-corrected chi connectivity index (χ0v) is 16.8. The van der Waals surface area contributed by atoms with Crippen LogP contribution in [-0.2, 0) is 9.53 Å². The third-order valence-electron chi connectivity index (χ3n) is 4.70. The van der Waals surface area contributed by atoms with Gasteiger partial charge in [0.05, 0.1) is 11.6 Å². The van der Waals surface area contributed by atoms with Crippen molar-refractivity contribution in [3.63, 3.8) is 0 Å². The Morgan fingerprint density at radius 3 is 2.65 bits per heavy atom. The number of aryl methyl sites for hydroxylation is 1. The lowest BCUT2D eigenvalue weighted by Crippen LogP contribution is -2.31. The first-order valence-corrected chi connectivity index (χ1v) is 9.57. The van der Waals surface area contributed by atoms with Crippen LogP contribution in [0.15, 0.2) is 34.8 Å². The number of hydrogen-bond donors (Lipinski definition) is 1. The highest BCUT2D eigenvalue weighted by atomic mass is 79.9. The van der Waals surface area contributed by atoms with Gasteiger partial charge in [-0.25, -0.2) is 4.79 Å². The fourth-order valence-electron chi connectivity index (χ4n) is 3.27. The Balaban J connectivity index is 1.57. The second kappa shape index (κ2) is 7.66. The zero-order valence-electron chi connectivity index (χ0n) is 15.2. The molecule has 1 atom stereocenters. The Bertz CT molecular complexity index is 840. The van der Waals surface area contributed by atoms with Crippen LogP contribution in [0.3, 0.4) is 0 Å². The molecule has 3 rings (SSSR count). The third-order valence-corrected chi connectivity index (χ3v) is 5.42. The summed E-state index contributed by atoms with van der Waals surface area (Å²) >= 11 is 3.47. The van der Waals surface area contributed by atoms with Crippen molar-refractivity contribution in [3.8, 4) is 0 Å². The maximum absolute atomic E-state index is 12.4. The van der Waals surface area contributed by atoms with Crippen LogP contribution in [0.5, 0.6) is 0 Å². The molecule has 1 heterocycles. The molecule has 1 fully saturated rings. The molecular formula is C20H23BrN2O3. The van der Waals surface area contributed by atoms with E-state index in [4.69, 9.17) is 4.74 Å². The number of carbonyl (C=O) groups is 2. The molecular weight excluding hydrogens is 396 g/mol. The lowest BCUT2D eigenvalue weighted by atomic mass is 10.1. The van der Waals surface area contributed by atoms with Crippen molar-refractivity contribution < 1.29 is 14.3 Å².